The lowest BCUT2D eigenvalue weighted by Gasteiger charge is -2.18. The van der Waals surface area contributed by atoms with Crippen LogP contribution in [0.25, 0.3) is 17.0 Å². The van der Waals surface area contributed by atoms with Crippen molar-refractivity contribution >= 4 is 11.5 Å². The van der Waals surface area contributed by atoms with Gasteiger partial charge in [-0.1, -0.05) is 34.6 Å². The molecule has 30 heavy (non-hydrogen) atoms. The summed E-state index contributed by atoms with van der Waals surface area (Å²) in [5, 5.41) is 6.60. The largest absolute Gasteiger partial charge is 0.366 e. The molecule has 164 valence electrons. The second kappa shape index (κ2) is 10.4. The Kier molecular flexibility index (Phi) is 8.23. The first-order valence-electron chi connectivity index (χ1n) is 10.3. The van der Waals surface area contributed by atoms with Crippen LogP contribution in [0.4, 0.5) is 14.6 Å². The maximum Gasteiger partial charge on any atom is 0.155 e. The van der Waals surface area contributed by atoms with Gasteiger partial charge in [0.15, 0.2) is 5.65 Å². The summed E-state index contributed by atoms with van der Waals surface area (Å²) in [5.41, 5.74) is 2.87. The van der Waals surface area contributed by atoms with Crippen molar-refractivity contribution in [3.8, 4) is 11.4 Å². The van der Waals surface area contributed by atoms with Crippen molar-refractivity contribution in [3.05, 3.63) is 42.2 Å². The first-order valence-corrected chi connectivity index (χ1v) is 10.3. The molecular formula is C22H32F2N6. The van der Waals surface area contributed by atoms with Crippen molar-refractivity contribution in [1.29, 1.82) is 0 Å². The highest BCUT2D eigenvalue weighted by molar-refractivity contribution is 5.62. The normalized spacial score (nSPS) is 15.8. The van der Waals surface area contributed by atoms with Gasteiger partial charge in [0.25, 0.3) is 0 Å². The summed E-state index contributed by atoms with van der Waals surface area (Å²) < 4.78 is 25.7. The second-order valence-corrected chi connectivity index (χ2v) is 7.78. The first-order chi connectivity index (χ1) is 14.4. The predicted octanol–water partition coefficient (Wildman–Crippen LogP) is 4.61. The molecule has 1 aliphatic heterocycles. The number of nitrogens with zero attached hydrogens (tertiary/aromatic N) is 4. The first kappa shape index (κ1) is 23.7. The molecule has 0 amide bonds. The van der Waals surface area contributed by atoms with Crippen LogP contribution in [0.1, 0.15) is 46.7 Å². The molecule has 0 radical (unpaired) electrons. The minimum Gasteiger partial charge on any atom is -0.366 e. The predicted molar refractivity (Wildman–Crippen MR) is 118 cm³/mol. The van der Waals surface area contributed by atoms with Crippen LogP contribution in [0, 0.1) is 5.82 Å². The number of anilines is 1. The van der Waals surface area contributed by atoms with Gasteiger partial charge in [-0.25, -0.2) is 14.4 Å². The summed E-state index contributed by atoms with van der Waals surface area (Å²) >= 11 is 0. The number of nitrogens with one attached hydrogen (secondary N) is 2. The van der Waals surface area contributed by atoms with Gasteiger partial charge >= 0.3 is 0 Å². The maximum atomic E-state index is 14.2. The van der Waals surface area contributed by atoms with E-state index in [4.69, 9.17) is 0 Å². The average molecular weight is 419 g/mol. The fourth-order valence-corrected chi connectivity index (χ4v) is 3.16. The highest BCUT2D eigenvalue weighted by Crippen LogP contribution is 2.25. The van der Waals surface area contributed by atoms with Crippen LogP contribution in [0.2, 0.25) is 0 Å². The average Bonchev–Trinajstić information content (AvgIpc) is 3.39. The Morgan fingerprint density at radius 2 is 1.87 bits per heavy atom. The van der Waals surface area contributed by atoms with E-state index in [1.807, 2.05) is 24.4 Å². The number of hydrogen-bond donors (Lipinski definition) is 2. The minimum atomic E-state index is -0.316. The molecular weight excluding hydrogens is 386 g/mol. The Morgan fingerprint density at radius 3 is 2.50 bits per heavy atom. The number of pyridine rings is 1. The molecule has 3 aromatic rings. The topological polar surface area (TPSA) is 67.1 Å². The quantitative estimate of drug-likeness (QED) is 0.650. The van der Waals surface area contributed by atoms with Gasteiger partial charge < -0.3 is 10.6 Å². The van der Waals surface area contributed by atoms with Gasteiger partial charge in [-0.3, -0.25) is 13.8 Å². The Balaban J connectivity index is 0.000000757. The van der Waals surface area contributed by atoms with E-state index in [9.17, 15) is 8.78 Å². The molecule has 0 aliphatic carbocycles. The molecule has 1 saturated heterocycles. The van der Waals surface area contributed by atoms with Gasteiger partial charge in [0, 0.05) is 36.3 Å². The summed E-state index contributed by atoms with van der Waals surface area (Å²) in [6.45, 7) is 12.2. The molecule has 6 nitrogen and oxygen atoms in total. The van der Waals surface area contributed by atoms with E-state index in [1.165, 1.54) is 12.1 Å². The lowest BCUT2D eigenvalue weighted by Crippen LogP contribution is -2.22. The van der Waals surface area contributed by atoms with Gasteiger partial charge in [0.1, 0.15) is 11.6 Å². The molecule has 1 atom stereocenters. The molecule has 0 bridgehead atoms. The monoisotopic (exact) mass is 418 g/mol. The Hall–Kier alpha value is -2.61. The van der Waals surface area contributed by atoms with Crippen molar-refractivity contribution in [2.75, 3.05) is 25.6 Å². The van der Waals surface area contributed by atoms with Crippen LogP contribution in [-0.4, -0.2) is 45.7 Å². The fourth-order valence-electron chi connectivity index (χ4n) is 3.16. The summed E-state index contributed by atoms with van der Waals surface area (Å²) in [6, 6.07) is 3.15. The third-order valence-corrected chi connectivity index (χ3v) is 4.63. The lowest BCUT2D eigenvalue weighted by atomic mass is 9.93. The number of alkyl halides is 1. The van der Waals surface area contributed by atoms with E-state index in [-0.39, 0.29) is 17.3 Å². The highest BCUT2D eigenvalue weighted by Gasteiger charge is 2.19. The summed E-state index contributed by atoms with van der Waals surface area (Å²) in [5.74, 6) is 0.234. The Bertz CT molecular complexity index is 942. The van der Waals surface area contributed by atoms with Gasteiger partial charge in [0.2, 0.25) is 0 Å². The van der Waals surface area contributed by atoms with Crippen LogP contribution >= 0.6 is 0 Å². The second-order valence-electron chi connectivity index (χ2n) is 7.78. The number of rotatable bonds is 3. The molecule has 4 heterocycles. The third kappa shape index (κ3) is 5.50. The Labute approximate surface area is 177 Å². The SMILES string of the molecule is CC.CC(C)(C)c1cn2c(-c3cc(F)cc(NC4CCNC4)n3)cnc2cn1.CF. The van der Waals surface area contributed by atoms with Gasteiger partial charge in [-0.2, -0.15) is 0 Å². The molecule has 1 unspecified atom stereocenters. The Morgan fingerprint density at radius 1 is 1.13 bits per heavy atom. The van der Waals surface area contributed by atoms with Crippen LogP contribution < -0.4 is 10.6 Å². The van der Waals surface area contributed by atoms with E-state index in [0.717, 1.165) is 30.9 Å². The highest BCUT2D eigenvalue weighted by atomic mass is 19.1. The van der Waals surface area contributed by atoms with E-state index < -0.39 is 0 Å². The number of fused-ring (bicyclic) bond motifs is 1. The third-order valence-electron chi connectivity index (χ3n) is 4.63. The van der Waals surface area contributed by atoms with Crippen LogP contribution in [0.5, 0.6) is 0 Å². The van der Waals surface area contributed by atoms with Crippen molar-refractivity contribution in [3.63, 3.8) is 0 Å². The number of aromatic nitrogens is 4. The van der Waals surface area contributed by atoms with E-state index in [1.54, 1.807) is 12.4 Å². The molecule has 0 saturated carbocycles. The molecule has 2 N–H and O–H groups in total. The van der Waals surface area contributed by atoms with Crippen molar-refractivity contribution in [2.24, 2.45) is 0 Å². The standard InChI is InChI=1S/C19H23FN6.C2H6.CH3F/c1-19(2,3)16-11-26-15(9-23-18(26)10-22-16)14-6-12(20)7-17(25-14)24-13-4-5-21-8-13;2*1-2/h6-7,9-11,13,21H,4-5,8H2,1-3H3,(H,24,25);1-2H3;1H3. The maximum absolute atomic E-state index is 14.2. The molecule has 0 aromatic carbocycles. The van der Waals surface area contributed by atoms with Crippen LogP contribution in [0.3, 0.4) is 0 Å². The zero-order valence-electron chi connectivity index (χ0n) is 18.6. The van der Waals surface area contributed by atoms with Gasteiger partial charge in [-0.15, -0.1) is 0 Å². The molecule has 0 spiro atoms. The lowest BCUT2D eigenvalue weighted by molar-refractivity contribution is 0.564. The van der Waals surface area contributed by atoms with Crippen LogP contribution in [0.15, 0.2) is 30.7 Å². The molecule has 3 aromatic heterocycles. The summed E-state index contributed by atoms with van der Waals surface area (Å²) in [6.07, 6.45) is 6.42. The van der Waals surface area contributed by atoms with Crippen molar-refractivity contribution in [2.45, 2.75) is 52.5 Å². The summed E-state index contributed by atoms with van der Waals surface area (Å²) in [4.78, 5) is 13.5. The van der Waals surface area contributed by atoms with E-state index in [2.05, 4.69) is 46.4 Å². The van der Waals surface area contributed by atoms with Crippen LogP contribution in [-0.2, 0) is 5.41 Å². The van der Waals surface area contributed by atoms with Crippen molar-refractivity contribution < 1.29 is 8.78 Å². The van der Waals surface area contributed by atoms with Gasteiger partial charge in [-0.05, 0) is 13.0 Å². The number of imidazole rings is 1. The number of hydrogen-bond acceptors (Lipinski definition) is 5. The van der Waals surface area contributed by atoms with E-state index >= 15 is 0 Å². The number of halogens is 2. The zero-order chi connectivity index (χ0) is 22.3. The van der Waals surface area contributed by atoms with Crippen molar-refractivity contribution in [1.82, 2.24) is 24.7 Å². The molecule has 4 rings (SSSR count). The molecule has 8 heteroatoms. The smallest absolute Gasteiger partial charge is 0.155 e. The van der Waals surface area contributed by atoms with E-state index in [0.29, 0.717) is 24.3 Å². The fraction of sp³-hybridized carbons (Fsp3) is 0.500. The molecule has 1 fully saturated rings. The van der Waals surface area contributed by atoms with Gasteiger partial charge in [0.05, 0.1) is 36.7 Å². The zero-order valence-corrected chi connectivity index (χ0v) is 18.6. The summed E-state index contributed by atoms with van der Waals surface area (Å²) in [7, 11) is 0.500. The molecule has 1 aliphatic rings. The minimum absolute atomic E-state index is 0.0900.